The number of aromatic nitrogens is 1. The van der Waals surface area contributed by atoms with Gasteiger partial charge in [-0.3, -0.25) is 4.79 Å². The van der Waals surface area contributed by atoms with Crippen LogP contribution >= 0.6 is 11.6 Å². The Morgan fingerprint density at radius 1 is 1.53 bits per heavy atom. The number of hydrogen-bond donors (Lipinski definition) is 2. The van der Waals surface area contributed by atoms with Crippen LogP contribution in [0, 0.1) is 0 Å². The molecule has 84 valence electrons. The van der Waals surface area contributed by atoms with Crippen molar-refractivity contribution in [2.24, 2.45) is 0 Å². The van der Waals surface area contributed by atoms with Crippen molar-refractivity contribution in [3.05, 3.63) is 23.0 Å². The van der Waals surface area contributed by atoms with E-state index in [2.05, 4.69) is 10.6 Å². The predicted octanol–water partition coefficient (Wildman–Crippen LogP) is 1.11. The van der Waals surface area contributed by atoms with Crippen molar-refractivity contribution in [2.75, 3.05) is 20.1 Å². The molecule has 0 spiro atoms. The Kier molecular flexibility index (Phi) is 4.65. The average Bonchev–Trinajstić information content (AvgIpc) is 2.60. The van der Waals surface area contributed by atoms with Gasteiger partial charge in [-0.2, -0.15) is 0 Å². The van der Waals surface area contributed by atoms with Crippen molar-refractivity contribution in [3.8, 4) is 0 Å². The molecule has 1 heterocycles. The van der Waals surface area contributed by atoms with Crippen molar-refractivity contribution < 1.29 is 4.79 Å². The minimum Gasteiger partial charge on any atom is -0.349 e. The molecule has 1 rings (SSSR count). The Labute approximate surface area is 94.6 Å². The van der Waals surface area contributed by atoms with Crippen LogP contribution in [0.4, 0.5) is 0 Å². The third-order valence-electron chi connectivity index (χ3n) is 2.10. The van der Waals surface area contributed by atoms with Gasteiger partial charge in [-0.15, -0.1) is 0 Å². The molecule has 1 aromatic heterocycles. The van der Waals surface area contributed by atoms with Crippen molar-refractivity contribution in [1.29, 1.82) is 0 Å². The standard InChI is InChI=1S/C10H16ClN3O/c1-3-14-7-8(11)6-9(14)10(15)13-5-4-12-2/h6-7,12H,3-5H2,1-2H3,(H,13,15). The molecule has 5 heteroatoms. The van der Waals surface area contributed by atoms with Crippen molar-refractivity contribution in [1.82, 2.24) is 15.2 Å². The van der Waals surface area contributed by atoms with E-state index in [0.29, 0.717) is 17.3 Å². The molecule has 0 radical (unpaired) electrons. The second-order valence-corrected chi connectivity index (χ2v) is 3.63. The fourth-order valence-electron chi connectivity index (χ4n) is 1.32. The molecule has 0 fully saturated rings. The molecule has 0 aliphatic carbocycles. The third-order valence-corrected chi connectivity index (χ3v) is 2.30. The van der Waals surface area contributed by atoms with Crippen molar-refractivity contribution in [3.63, 3.8) is 0 Å². The van der Waals surface area contributed by atoms with Crippen LogP contribution in [0.2, 0.25) is 5.02 Å². The van der Waals surface area contributed by atoms with Crippen LogP contribution in [-0.2, 0) is 6.54 Å². The number of amides is 1. The van der Waals surface area contributed by atoms with Crippen LogP contribution < -0.4 is 10.6 Å². The Hall–Kier alpha value is -1.00. The highest BCUT2D eigenvalue weighted by atomic mass is 35.5. The molecule has 0 aromatic carbocycles. The topological polar surface area (TPSA) is 46.1 Å². The molecule has 2 N–H and O–H groups in total. The molecule has 0 bridgehead atoms. The summed E-state index contributed by atoms with van der Waals surface area (Å²) < 4.78 is 1.83. The average molecular weight is 230 g/mol. The molecule has 0 unspecified atom stereocenters. The lowest BCUT2D eigenvalue weighted by atomic mass is 10.4. The number of carbonyl (C=O) groups excluding carboxylic acids is 1. The molecule has 0 atom stereocenters. The lowest BCUT2D eigenvalue weighted by Crippen LogP contribution is -2.31. The quantitative estimate of drug-likeness (QED) is 0.744. The first-order valence-electron chi connectivity index (χ1n) is 4.97. The maximum absolute atomic E-state index is 11.7. The van der Waals surface area contributed by atoms with Gasteiger partial charge in [-0.1, -0.05) is 11.6 Å². The molecule has 1 aromatic rings. The van der Waals surface area contributed by atoms with E-state index in [0.717, 1.165) is 13.1 Å². The third kappa shape index (κ3) is 3.25. The maximum atomic E-state index is 11.7. The highest BCUT2D eigenvalue weighted by Gasteiger charge is 2.11. The van der Waals surface area contributed by atoms with E-state index in [1.54, 1.807) is 12.3 Å². The normalized spacial score (nSPS) is 10.3. The Morgan fingerprint density at radius 2 is 2.27 bits per heavy atom. The van der Waals surface area contributed by atoms with Gasteiger partial charge in [0.15, 0.2) is 0 Å². The maximum Gasteiger partial charge on any atom is 0.268 e. The van der Waals surface area contributed by atoms with Gasteiger partial charge in [-0.25, -0.2) is 0 Å². The molecule has 1 amide bonds. The zero-order valence-corrected chi connectivity index (χ0v) is 9.77. The van der Waals surface area contributed by atoms with Crippen LogP contribution in [0.25, 0.3) is 0 Å². The van der Waals surface area contributed by atoms with Crippen LogP contribution in [0.1, 0.15) is 17.4 Å². The first kappa shape index (κ1) is 12.1. The van der Waals surface area contributed by atoms with Gasteiger partial charge < -0.3 is 15.2 Å². The summed E-state index contributed by atoms with van der Waals surface area (Å²) in [6.45, 7) is 4.08. The lowest BCUT2D eigenvalue weighted by Gasteiger charge is -2.06. The molecular weight excluding hydrogens is 214 g/mol. The molecule has 15 heavy (non-hydrogen) atoms. The summed E-state index contributed by atoms with van der Waals surface area (Å²) in [5.41, 5.74) is 0.610. The van der Waals surface area contributed by atoms with Gasteiger partial charge in [0, 0.05) is 25.8 Å². The molecule has 4 nitrogen and oxygen atoms in total. The van der Waals surface area contributed by atoms with E-state index in [9.17, 15) is 4.79 Å². The highest BCUT2D eigenvalue weighted by Crippen LogP contribution is 2.13. The molecule has 0 aliphatic rings. The zero-order valence-electron chi connectivity index (χ0n) is 9.01. The summed E-state index contributed by atoms with van der Waals surface area (Å²) in [6.07, 6.45) is 1.76. The Bertz CT molecular complexity index is 335. The van der Waals surface area contributed by atoms with E-state index < -0.39 is 0 Å². The summed E-state index contributed by atoms with van der Waals surface area (Å²) >= 11 is 5.84. The van der Waals surface area contributed by atoms with E-state index >= 15 is 0 Å². The monoisotopic (exact) mass is 229 g/mol. The number of carbonyl (C=O) groups is 1. The number of aryl methyl sites for hydroxylation is 1. The largest absolute Gasteiger partial charge is 0.349 e. The van der Waals surface area contributed by atoms with Crippen molar-refractivity contribution in [2.45, 2.75) is 13.5 Å². The van der Waals surface area contributed by atoms with Gasteiger partial charge in [-0.05, 0) is 20.0 Å². The highest BCUT2D eigenvalue weighted by molar-refractivity contribution is 6.31. The van der Waals surface area contributed by atoms with Gasteiger partial charge in [0.25, 0.3) is 5.91 Å². The number of hydrogen-bond acceptors (Lipinski definition) is 2. The fraction of sp³-hybridized carbons (Fsp3) is 0.500. The van der Waals surface area contributed by atoms with Crippen molar-refractivity contribution >= 4 is 17.5 Å². The SMILES string of the molecule is CCn1cc(Cl)cc1C(=O)NCCNC. The molecule has 0 aliphatic heterocycles. The van der Waals surface area contributed by atoms with E-state index in [-0.39, 0.29) is 5.91 Å². The number of halogens is 1. The van der Waals surface area contributed by atoms with Gasteiger partial charge in [0.2, 0.25) is 0 Å². The van der Waals surface area contributed by atoms with Gasteiger partial charge >= 0.3 is 0 Å². The molecule has 0 saturated heterocycles. The van der Waals surface area contributed by atoms with Crippen LogP contribution in [0.15, 0.2) is 12.3 Å². The smallest absolute Gasteiger partial charge is 0.268 e. The predicted molar refractivity (Wildman–Crippen MR) is 61.4 cm³/mol. The van der Waals surface area contributed by atoms with E-state index in [4.69, 9.17) is 11.6 Å². The van der Waals surface area contributed by atoms with Crippen LogP contribution in [0.5, 0.6) is 0 Å². The van der Waals surface area contributed by atoms with E-state index in [1.807, 2.05) is 18.5 Å². The Balaban J connectivity index is 2.64. The molecule has 0 saturated carbocycles. The minimum absolute atomic E-state index is 0.0843. The number of nitrogens with zero attached hydrogens (tertiary/aromatic N) is 1. The summed E-state index contributed by atoms with van der Waals surface area (Å²) in [4.78, 5) is 11.7. The Morgan fingerprint density at radius 3 is 2.87 bits per heavy atom. The second kappa shape index (κ2) is 5.78. The number of nitrogens with one attached hydrogen (secondary N) is 2. The minimum atomic E-state index is -0.0843. The van der Waals surface area contributed by atoms with Crippen LogP contribution in [0.3, 0.4) is 0 Å². The number of rotatable bonds is 5. The summed E-state index contributed by atoms with van der Waals surface area (Å²) in [5, 5.41) is 6.36. The lowest BCUT2D eigenvalue weighted by molar-refractivity contribution is 0.0945. The summed E-state index contributed by atoms with van der Waals surface area (Å²) in [5.74, 6) is -0.0843. The first-order valence-corrected chi connectivity index (χ1v) is 5.35. The molecular formula is C10H16ClN3O. The first-order chi connectivity index (χ1) is 7.19. The zero-order chi connectivity index (χ0) is 11.3. The number of likely N-dealkylation sites (N-methyl/N-ethyl adjacent to an activating group) is 1. The van der Waals surface area contributed by atoms with Gasteiger partial charge in [0.05, 0.1) is 5.02 Å². The summed E-state index contributed by atoms with van der Waals surface area (Å²) in [6, 6.07) is 1.68. The van der Waals surface area contributed by atoms with Crippen LogP contribution in [-0.4, -0.2) is 30.6 Å². The fourth-order valence-corrected chi connectivity index (χ4v) is 1.54. The van der Waals surface area contributed by atoms with Gasteiger partial charge in [0.1, 0.15) is 5.69 Å². The second-order valence-electron chi connectivity index (χ2n) is 3.19. The van der Waals surface area contributed by atoms with E-state index in [1.165, 1.54) is 0 Å². The summed E-state index contributed by atoms with van der Waals surface area (Å²) in [7, 11) is 1.85.